The zero-order valence-electron chi connectivity index (χ0n) is 16.1. The number of urea groups is 1. The van der Waals surface area contributed by atoms with E-state index in [4.69, 9.17) is 4.42 Å². The Labute approximate surface area is 158 Å². The molecule has 2 amide bonds. The summed E-state index contributed by atoms with van der Waals surface area (Å²) in [4.78, 5) is 12.3. The number of sulfonamides is 1. The van der Waals surface area contributed by atoms with Gasteiger partial charge >= 0.3 is 6.03 Å². The summed E-state index contributed by atoms with van der Waals surface area (Å²) in [6, 6.07) is 0.174. The fraction of sp³-hybridized carbons (Fsp3) is 0.562. The second-order valence-electron chi connectivity index (χ2n) is 7.32. The Balaban J connectivity index is 2.23. The van der Waals surface area contributed by atoms with Crippen molar-refractivity contribution in [3.63, 3.8) is 0 Å². The molecule has 0 aliphatic rings. The maximum absolute atomic E-state index is 12.4. The summed E-state index contributed by atoms with van der Waals surface area (Å²) < 4.78 is 33.0. The molecule has 0 atom stereocenters. The smallest absolute Gasteiger partial charge is 0.347 e. The highest BCUT2D eigenvalue weighted by atomic mass is 32.2. The lowest BCUT2D eigenvalue weighted by Crippen LogP contribution is -2.39. The lowest BCUT2D eigenvalue weighted by molar-refractivity contribution is 0.0779. The van der Waals surface area contributed by atoms with Gasteiger partial charge in [0.1, 0.15) is 0 Å². The number of amides is 2. The van der Waals surface area contributed by atoms with Gasteiger partial charge in [0.25, 0.3) is 10.0 Å². The van der Waals surface area contributed by atoms with Crippen LogP contribution in [-0.4, -0.2) is 34.4 Å². The molecular weight excluding hydrogens is 374 g/mol. The minimum absolute atomic E-state index is 0.0404. The van der Waals surface area contributed by atoms with Gasteiger partial charge in [-0.2, -0.15) is 8.42 Å². The number of hydrogen-bond acceptors (Lipinski definition) is 7. The Kier molecular flexibility index (Phi) is 5.66. The maximum Gasteiger partial charge on any atom is 0.347 e. The van der Waals surface area contributed by atoms with E-state index in [1.54, 1.807) is 0 Å². The number of carbonyl (C=O) groups is 1. The van der Waals surface area contributed by atoms with Crippen LogP contribution in [0.3, 0.4) is 0 Å². The molecule has 27 heavy (non-hydrogen) atoms. The highest BCUT2D eigenvalue weighted by molar-refractivity contribution is 7.89. The summed E-state index contributed by atoms with van der Waals surface area (Å²) in [5, 5.41) is 17.5. The average Bonchev–Trinajstić information content (AvgIpc) is 3.12. The molecule has 10 nitrogen and oxygen atoms in total. The number of aliphatic hydroxyl groups is 1. The molecule has 0 aliphatic carbocycles. The molecule has 150 valence electrons. The normalized spacial score (nSPS) is 12.6. The molecular formula is C16H25N5O5S. The van der Waals surface area contributed by atoms with Gasteiger partial charge in [-0.15, -0.1) is 10.2 Å². The molecule has 0 unspecified atom stereocenters. The van der Waals surface area contributed by atoms with Crippen LogP contribution in [0.4, 0.5) is 4.79 Å². The van der Waals surface area contributed by atoms with E-state index in [1.165, 1.54) is 18.5 Å². The molecule has 0 spiro atoms. The predicted octanol–water partition coefficient (Wildman–Crippen LogP) is 1.99. The summed E-state index contributed by atoms with van der Waals surface area (Å²) in [6.07, 6.45) is 1.12. The molecule has 2 rings (SSSR count). The predicted molar refractivity (Wildman–Crippen MR) is 97.2 cm³/mol. The molecule has 0 radical (unpaired) electrons. The number of nitrogens with one attached hydrogen (secondary N) is 2. The number of aromatic nitrogens is 3. The number of nitrogens with zero attached hydrogens (tertiary/aromatic N) is 3. The number of hydrogen-bond donors (Lipinski definition) is 3. The first-order chi connectivity index (χ1) is 12.3. The molecule has 0 bridgehead atoms. The van der Waals surface area contributed by atoms with E-state index in [2.05, 4.69) is 15.6 Å². The second-order valence-corrected chi connectivity index (χ2v) is 8.93. The fourth-order valence-electron chi connectivity index (χ4n) is 2.25. The van der Waals surface area contributed by atoms with Gasteiger partial charge in [-0.3, -0.25) is 0 Å². The number of rotatable bonds is 6. The largest absolute Gasteiger partial charge is 0.451 e. The standard InChI is InChI=1S/C16H25N5O5S/c1-9(2)13-17-18-14(10(3)4)21(13)19-15(22)20-27(24,25)12-7-11(8-26-12)16(5,6)23/h7-10,23H,1-6H3,(H2,19,20,22). The average molecular weight is 399 g/mol. The molecule has 11 heteroatoms. The van der Waals surface area contributed by atoms with E-state index in [0.29, 0.717) is 11.6 Å². The van der Waals surface area contributed by atoms with Crippen molar-refractivity contribution in [2.75, 3.05) is 5.43 Å². The quantitative estimate of drug-likeness (QED) is 0.675. The van der Waals surface area contributed by atoms with E-state index in [0.717, 1.165) is 12.3 Å². The van der Waals surface area contributed by atoms with Gasteiger partial charge in [0.2, 0.25) is 5.09 Å². The van der Waals surface area contributed by atoms with Crippen LogP contribution in [0.25, 0.3) is 0 Å². The molecule has 0 fully saturated rings. The first-order valence-corrected chi connectivity index (χ1v) is 9.91. The van der Waals surface area contributed by atoms with Gasteiger partial charge < -0.3 is 9.52 Å². The SMILES string of the molecule is CC(C)c1nnc(C(C)C)n1NC(=O)NS(=O)(=O)c1cc(C(C)(C)O)co1. The summed E-state index contributed by atoms with van der Waals surface area (Å²) >= 11 is 0. The van der Waals surface area contributed by atoms with E-state index < -0.39 is 26.7 Å². The van der Waals surface area contributed by atoms with Crippen molar-refractivity contribution in [1.82, 2.24) is 19.6 Å². The first kappa shape index (κ1) is 20.9. The van der Waals surface area contributed by atoms with Crippen molar-refractivity contribution >= 4 is 16.1 Å². The zero-order chi connectivity index (χ0) is 20.6. The summed E-state index contributed by atoms with van der Waals surface area (Å²) in [7, 11) is -4.26. The molecule has 0 saturated carbocycles. The Hall–Kier alpha value is -2.40. The molecule has 0 aliphatic heterocycles. The van der Waals surface area contributed by atoms with Gasteiger partial charge in [-0.25, -0.2) is 19.6 Å². The van der Waals surface area contributed by atoms with Crippen molar-refractivity contribution in [1.29, 1.82) is 0 Å². The molecule has 3 N–H and O–H groups in total. The van der Waals surface area contributed by atoms with E-state index >= 15 is 0 Å². The molecule has 2 aromatic rings. The lowest BCUT2D eigenvalue weighted by atomic mass is 10.0. The van der Waals surface area contributed by atoms with Crippen LogP contribution in [0.1, 0.15) is 70.6 Å². The van der Waals surface area contributed by atoms with E-state index in [9.17, 15) is 18.3 Å². The van der Waals surface area contributed by atoms with Gasteiger partial charge in [0, 0.05) is 23.5 Å². The lowest BCUT2D eigenvalue weighted by Gasteiger charge is -2.15. The summed E-state index contributed by atoms with van der Waals surface area (Å²) in [5.41, 5.74) is 1.45. The molecule has 0 aromatic carbocycles. The molecule has 0 saturated heterocycles. The van der Waals surface area contributed by atoms with Crippen LogP contribution in [0, 0.1) is 0 Å². The molecule has 2 aromatic heterocycles. The third-order valence-corrected chi connectivity index (χ3v) is 4.93. The second kappa shape index (κ2) is 7.31. The molecule has 2 heterocycles. The topological polar surface area (TPSA) is 139 Å². The maximum atomic E-state index is 12.4. The van der Waals surface area contributed by atoms with Crippen molar-refractivity contribution < 1.29 is 22.7 Å². The van der Waals surface area contributed by atoms with Crippen molar-refractivity contribution in [2.45, 2.75) is 64.1 Å². The first-order valence-electron chi connectivity index (χ1n) is 8.43. The third-order valence-electron chi connectivity index (χ3n) is 3.73. The minimum atomic E-state index is -4.26. The Bertz CT molecular complexity index is 896. The summed E-state index contributed by atoms with van der Waals surface area (Å²) in [5.74, 6) is 0.907. The number of carbonyl (C=O) groups excluding carboxylic acids is 1. The monoisotopic (exact) mass is 399 g/mol. The van der Waals surface area contributed by atoms with Crippen molar-refractivity contribution in [3.8, 4) is 0 Å². The van der Waals surface area contributed by atoms with Crippen LogP contribution >= 0.6 is 0 Å². The Morgan fingerprint density at radius 3 is 2.11 bits per heavy atom. The van der Waals surface area contributed by atoms with Crippen LogP contribution in [0.5, 0.6) is 0 Å². The zero-order valence-corrected chi connectivity index (χ0v) is 17.0. The van der Waals surface area contributed by atoms with Crippen molar-refractivity contribution in [3.05, 3.63) is 29.5 Å². The van der Waals surface area contributed by atoms with Gasteiger partial charge in [0.05, 0.1) is 11.9 Å². The van der Waals surface area contributed by atoms with E-state index in [-0.39, 0.29) is 17.4 Å². The van der Waals surface area contributed by atoms with Crippen LogP contribution < -0.4 is 10.1 Å². The van der Waals surface area contributed by atoms with Crippen LogP contribution in [-0.2, 0) is 15.6 Å². The van der Waals surface area contributed by atoms with Gasteiger partial charge in [0.15, 0.2) is 11.6 Å². The Morgan fingerprint density at radius 1 is 1.19 bits per heavy atom. The van der Waals surface area contributed by atoms with Gasteiger partial charge in [-0.05, 0) is 13.8 Å². The van der Waals surface area contributed by atoms with Gasteiger partial charge in [-0.1, -0.05) is 27.7 Å². The van der Waals surface area contributed by atoms with Crippen molar-refractivity contribution in [2.24, 2.45) is 0 Å². The highest BCUT2D eigenvalue weighted by Gasteiger charge is 2.27. The fourth-order valence-corrected chi connectivity index (χ4v) is 3.09. The Morgan fingerprint density at radius 2 is 1.70 bits per heavy atom. The summed E-state index contributed by atoms with van der Waals surface area (Å²) in [6.45, 7) is 10.5. The minimum Gasteiger partial charge on any atom is -0.451 e. The third kappa shape index (κ3) is 4.66. The van der Waals surface area contributed by atoms with Crippen LogP contribution in [0.2, 0.25) is 0 Å². The van der Waals surface area contributed by atoms with E-state index in [1.807, 2.05) is 32.4 Å². The van der Waals surface area contributed by atoms with Crippen LogP contribution in [0.15, 0.2) is 21.8 Å². The highest BCUT2D eigenvalue weighted by Crippen LogP contribution is 2.24. The number of furan rings is 1.